The van der Waals surface area contributed by atoms with E-state index >= 15 is 0 Å². The van der Waals surface area contributed by atoms with Crippen molar-refractivity contribution in [1.82, 2.24) is 19.7 Å². The first kappa shape index (κ1) is 20.7. The van der Waals surface area contributed by atoms with Crippen LogP contribution in [-0.4, -0.2) is 26.2 Å². The lowest BCUT2D eigenvalue weighted by Crippen LogP contribution is -2.24. The van der Waals surface area contributed by atoms with Crippen LogP contribution in [0.25, 0.3) is 0 Å². The highest BCUT2D eigenvalue weighted by atomic mass is 19.1. The zero-order valence-corrected chi connectivity index (χ0v) is 18.4. The van der Waals surface area contributed by atoms with E-state index in [0.717, 1.165) is 48.4 Å². The van der Waals surface area contributed by atoms with E-state index in [1.54, 1.807) is 0 Å². The number of benzene rings is 1. The smallest absolute Gasteiger partial charge is 0.123 e. The normalized spacial score (nSPS) is 17.2. The fourth-order valence-electron chi connectivity index (χ4n) is 4.56. The molecular formula is C25H31FN4. The van der Waals surface area contributed by atoms with Crippen LogP contribution in [-0.2, 0) is 13.0 Å². The van der Waals surface area contributed by atoms with Gasteiger partial charge in [0.2, 0.25) is 0 Å². The van der Waals surface area contributed by atoms with Crippen LogP contribution in [0.15, 0.2) is 42.6 Å². The molecule has 1 aromatic carbocycles. The summed E-state index contributed by atoms with van der Waals surface area (Å²) < 4.78 is 15.2. The summed E-state index contributed by atoms with van der Waals surface area (Å²) in [6.07, 6.45) is 5.08. The van der Waals surface area contributed by atoms with Crippen molar-refractivity contribution in [2.75, 3.05) is 6.54 Å². The van der Waals surface area contributed by atoms with Gasteiger partial charge in [-0.1, -0.05) is 18.2 Å². The average molecular weight is 407 g/mol. The van der Waals surface area contributed by atoms with Crippen LogP contribution in [0.5, 0.6) is 0 Å². The molecule has 0 N–H and O–H groups in total. The molecule has 3 heterocycles. The Kier molecular flexibility index (Phi) is 6.00. The number of aryl methyl sites for hydroxylation is 1. The Morgan fingerprint density at radius 1 is 1.07 bits per heavy atom. The highest BCUT2D eigenvalue weighted by Gasteiger charge is 2.28. The van der Waals surface area contributed by atoms with Crippen LogP contribution in [0, 0.1) is 19.7 Å². The van der Waals surface area contributed by atoms with E-state index in [1.807, 2.05) is 18.3 Å². The third-order valence-corrected chi connectivity index (χ3v) is 6.20. The van der Waals surface area contributed by atoms with E-state index in [4.69, 9.17) is 10.1 Å². The van der Waals surface area contributed by atoms with Crippen molar-refractivity contribution < 1.29 is 4.39 Å². The SMILES string of the molecule is Cc1nn(C(C)C)c(C)c1CN1CCC[C@@H]1c1ccc(Cc2ccc(F)cc2)cn1. The van der Waals surface area contributed by atoms with Crippen molar-refractivity contribution in [1.29, 1.82) is 0 Å². The largest absolute Gasteiger partial charge is 0.290 e. The molecule has 0 unspecified atom stereocenters. The molecule has 1 saturated heterocycles. The molecule has 4 rings (SSSR count). The van der Waals surface area contributed by atoms with E-state index in [0.29, 0.717) is 12.1 Å². The monoisotopic (exact) mass is 406 g/mol. The molecule has 0 radical (unpaired) electrons. The van der Waals surface area contributed by atoms with Gasteiger partial charge in [-0.2, -0.15) is 5.10 Å². The van der Waals surface area contributed by atoms with Crippen LogP contribution >= 0.6 is 0 Å². The molecule has 1 aliphatic heterocycles. The van der Waals surface area contributed by atoms with Crippen LogP contribution in [0.2, 0.25) is 0 Å². The van der Waals surface area contributed by atoms with E-state index < -0.39 is 0 Å². The Hall–Kier alpha value is -2.53. The van der Waals surface area contributed by atoms with Crippen molar-refractivity contribution in [3.8, 4) is 0 Å². The molecule has 158 valence electrons. The summed E-state index contributed by atoms with van der Waals surface area (Å²) in [5, 5.41) is 4.76. The number of rotatable bonds is 6. The number of likely N-dealkylation sites (tertiary alicyclic amines) is 1. The number of halogens is 1. The van der Waals surface area contributed by atoms with Crippen molar-refractivity contribution in [3.05, 3.63) is 82.2 Å². The van der Waals surface area contributed by atoms with Gasteiger partial charge in [-0.25, -0.2) is 4.39 Å². The van der Waals surface area contributed by atoms with Gasteiger partial charge in [-0.05, 0) is 82.8 Å². The third kappa shape index (κ3) is 4.31. The fraction of sp³-hybridized carbons (Fsp3) is 0.440. The Bertz CT molecular complexity index is 989. The second-order valence-electron chi connectivity index (χ2n) is 8.71. The number of hydrogen-bond acceptors (Lipinski definition) is 3. The molecule has 0 bridgehead atoms. The highest BCUT2D eigenvalue weighted by molar-refractivity contribution is 5.28. The first-order valence-electron chi connectivity index (χ1n) is 10.9. The average Bonchev–Trinajstić information content (AvgIpc) is 3.30. The topological polar surface area (TPSA) is 34.0 Å². The zero-order chi connectivity index (χ0) is 21.3. The summed E-state index contributed by atoms with van der Waals surface area (Å²) in [6.45, 7) is 10.7. The Balaban J connectivity index is 1.48. The highest BCUT2D eigenvalue weighted by Crippen LogP contribution is 2.33. The van der Waals surface area contributed by atoms with Crippen LogP contribution in [0.1, 0.15) is 72.5 Å². The van der Waals surface area contributed by atoms with Gasteiger partial charge in [0, 0.05) is 30.0 Å². The summed E-state index contributed by atoms with van der Waals surface area (Å²) in [5.41, 5.74) is 7.15. The van der Waals surface area contributed by atoms with Crippen molar-refractivity contribution in [2.24, 2.45) is 0 Å². The Labute approximate surface area is 178 Å². The second kappa shape index (κ2) is 8.68. The maximum atomic E-state index is 13.1. The van der Waals surface area contributed by atoms with E-state index in [-0.39, 0.29) is 5.82 Å². The first-order valence-corrected chi connectivity index (χ1v) is 10.9. The van der Waals surface area contributed by atoms with Crippen molar-refractivity contribution in [3.63, 3.8) is 0 Å². The predicted octanol–water partition coefficient (Wildman–Crippen LogP) is 5.54. The molecule has 1 atom stereocenters. The Morgan fingerprint density at radius 3 is 2.43 bits per heavy atom. The Morgan fingerprint density at radius 2 is 1.80 bits per heavy atom. The molecule has 0 spiro atoms. The van der Waals surface area contributed by atoms with Crippen LogP contribution in [0.4, 0.5) is 4.39 Å². The minimum absolute atomic E-state index is 0.196. The summed E-state index contributed by atoms with van der Waals surface area (Å²) in [5.74, 6) is -0.196. The zero-order valence-electron chi connectivity index (χ0n) is 18.4. The van der Waals surface area contributed by atoms with Gasteiger partial charge in [0.15, 0.2) is 0 Å². The molecule has 0 amide bonds. The van der Waals surface area contributed by atoms with E-state index in [2.05, 4.69) is 49.4 Å². The van der Waals surface area contributed by atoms with Crippen LogP contribution in [0.3, 0.4) is 0 Å². The van der Waals surface area contributed by atoms with Gasteiger partial charge in [0.05, 0.1) is 17.4 Å². The maximum absolute atomic E-state index is 13.1. The lowest BCUT2D eigenvalue weighted by molar-refractivity contribution is 0.243. The summed E-state index contributed by atoms with van der Waals surface area (Å²) in [7, 11) is 0. The van der Waals surface area contributed by atoms with E-state index in [1.165, 1.54) is 29.8 Å². The van der Waals surface area contributed by atoms with Crippen molar-refractivity contribution >= 4 is 0 Å². The maximum Gasteiger partial charge on any atom is 0.123 e. The molecule has 2 aromatic heterocycles. The van der Waals surface area contributed by atoms with Gasteiger partial charge >= 0.3 is 0 Å². The number of nitrogens with zero attached hydrogens (tertiary/aromatic N) is 4. The van der Waals surface area contributed by atoms with Gasteiger partial charge in [0.25, 0.3) is 0 Å². The first-order chi connectivity index (χ1) is 14.4. The minimum Gasteiger partial charge on any atom is -0.290 e. The molecule has 4 nitrogen and oxygen atoms in total. The minimum atomic E-state index is -0.196. The molecule has 30 heavy (non-hydrogen) atoms. The number of hydrogen-bond donors (Lipinski definition) is 0. The molecule has 3 aromatic rings. The van der Waals surface area contributed by atoms with E-state index in [9.17, 15) is 4.39 Å². The molecule has 1 aliphatic rings. The van der Waals surface area contributed by atoms with Gasteiger partial charge in [0.1, 0.15) is 5.82 Å². The van der Waals surface area contributed by atoms with Gasteiger partial charge in [-0.15, -0.1) is 0 Å². The second-order valence-corrected chi connectivity index (χ2v) is 8.71. The summed E-state index contributed by atoms with van der Waals surface area (Å²) >= 11 is 0. The third-order valence-electron chi connectivity index (χ3n) is 6.20. The summed E-state index contributed by atoms with van der Waals surface area (Å²) in [6, 6.07) is 11.8. The molecule has 5 heteroatoms. The lowest BCUT2D eigenvalue weighted by atomic mass is 10.0. The fourth-order valence-corrected chi connectivity index (χ4v) is 4.56. The number of aromatic nitrogens is 3. The lowest BCUT2D eigenvalue weighted by Gasteiger charge is -2.24. The molecule has 1 fully saturated rings. The quantitative estimate of drug-likeness (QED) is 0.539. The summed E-state index contributed by atoms with van der Waals surface area (Å²) in [4.78, 5) is 7.35. The van der Waals surface area contributed by atoms with Gasteiger partial charge in [-0.3, -0.25) is 14.6 Å². The van der Waals surface area contributed by atoms with Gasteiger partial charge < -0.3 is 0 Å². The number of pyridine rings is 1. The molecule has 0 saturated carbocycles. The van der Waals surface area contributed by atoms with Crippen molar-refractivity contribution in [2.45, 2.75) is 65.6 Å². The standard InChI is InChI=1S/C25H31FN4/c1-17(2)30-19(4)23(18(3)28-30)16-29-13-5-6-25(29)24-12-9-21(15-27-24)14-20-7-10-22(26)11-8-20/h7-12,15,17,25H,5-6,13-14,16H2,1-4H3/t25-/m1/s1. The molecule has 0 aliphatic carbocycles. The van der Waals surface area contributed by atoms with Crippen LogP contribution < -0.4 is 0 Å². The predicted molar refractivity (Wildman–Crippen MR) is 118 cm³/mol. The molecular weight excluding hydrogens is 375 g/mol.